The third kappa shape index (κ3) is 2.98. The van der Waals surface area contributed by atoms with Crippen LogP contribution in [0.15, 0.2) is 18.3 Å². The topological polar surface area (TPSA) is 24.9 Å². The molecule has 2 nitrogen and oxygen atoms in total. The van der Waals surface area contributed by atoms with Crippen LogP contribution in [0.25, 0.3) is 0 Å². The van der Waals surface area contributed by atoms with Crippen LogP contribution in [0.5, 0.6) is 0 Å². The number of halogens is 1. The highest BCUT2D eigenvalue weighted by Gasteiger charge is 2.07. The summed E-state index contributed by atoms with van der Waals surface area (Å²) in [5, 5.41) is 3.96. The summed E-state index contributed by atoms with van der Waals surface area (Å²) < 4.78 is 0. The van der Waals surface area contributed by atoms with Crippen molar-refractivity contribution >= 4 is 11.6 Å². The van der Waals surface area contributed by atoms with Gasteiger partial charge in [0, 0.05) is 17.8 Å². The number of nitrogens with zero attached hydrogens (tertiary/aromatic N) is 1. The molecule has 0 saturated heterocycles. The van der Waals surface area contributed by atoms with Crippen LogP contribution in [0, 0.1) is 0 Å². The van der Waals surface area contributed by atoms with E-state index in [-0.39, 0.29) is 6.04 Å². The van der Waals surface area contributed by atoms with Gasteiger partial charge in [-0.3, -0.25) is 0 Å². The van der Waals surface area contributed by atoms with Crippen LogP contribution < -0.4 is 5.32 Å². The minimum atomic E-state index is 0.279. The van der Waals surface area contributed by atoms with Crippen molar-refractivity contribution in [2.24, 2.45) is 0 Å². The molecule has 0 fully saturated rings. The predicted octanol–water partition coefficient (Wildman–Crippen LogP) is 2.80. The Hall–Kier alpha value is -0.600. The molecule has 0 aliphatic heterocycles. The monoisotopic (exact) mass is 198 g/mol. The zero-order chi connectivity index (χ0) is 9.68. The van der Waals surface area contributed by atoms with Gasteiger partial charge in [0.15, 0.2) is 0 Å². The number of rotatable bonds is 4. The van der Waals surface area contributed by atoms with Crippen molar-refractivity contribution in [3.63, 3.8) is 0 Å². The molecule has 1 N–H and O–H groups in total. The normalized spacial score (nSPS) is 12.8. The second-order valence-corrected chi connectivity index (χ2v) is 3.42. The van der Waals surface area contributed by atoms with E-state index in [1.165, 1.54) is 0 Å². The van der Waals surface area contributed by atoms with Gasteiger partial charge in [0.25, 0.3) is 0 Å². The first-order chi connectivity index (χ1) is 6.25. The van der Waals surface area contributed by atoms with E-state index in [9.17, 15) is 0 Å². The molecule has 0 bridgehead atoms. The van der Waals surface area contributed by atoms with Crippen LogP contribution in [0.1, 0.15) is 31.9 Å². The van der Waals surface area contributed by atoms with Gasteiger partial charge in [-0.1, -0.05) is 24.6 Å². The largest absolute Gasteiger partial charge is 0.310 e. The maximum absolute atomic E-state index is 5.95. The molecular weight excluding hydrogens is 184 g/mol. The van der Waals surface area contributed by atoms with E-state index >= 15 is 0 Å². The summed E-state index contributed by atoms with van der Waals surface area (Å²) >= 11 is 5.95. The first-order valence-electron chi connectivity index (χ1n) is 4.59. The van der Waals surface area contributed by atoms with E-state index in [1.54, 1.807) is 6.20 Å². The number of pyridine rings is 1. The van der Waals surface area contributed by atoms with Gasteiger partial charge < -0.3 is 5.32 Å². The molecule has 0 saturated carbocycles. The number of aromatic nitrogens is 1. The van der Waals surface area contributed by atoms with Gasteiger partial charge in [0.05, 0.1) is 0 Å². The van der Waals surface area contributed by atoms with Crippen molar-refractivity contribution < 1.29 is 0 Å². The van der Waals surface area contributed by atoms with E-state index in [4.69, 9.17) is 11.6 Å². The van der Waals surface area contributed by atoms with Crippen LogP contribution in [0.3, 0.4) is 0 Å². The third-order valence-electron chi connectivity index (χ3n) is 1.95. The Morgan fingerprint density at radius 1 is 1.62 bits per heavy atom. The SMILES string of the molecule is CCCNC(C)c1cccnc1Cl. The van der Waals surface area contributed by atoms with Gasteiger partial charge in [0.1, 0.15) is 5.15 Å². The third-order valence-corrected chi connectivity index (χ3v) is 2.27. The molecule has 1 aromatic heterocycles. The Bertz CT molecular complexity index is 263. The van der Waals surface area contributed by atoms with Gasteiger partial charge in [-0.25, -0.2) is 4.98 Å². The fourth-order valence-corrected chi connectivity index (χ4v) is 1.48. The van der Waals surface area contributed by atoms with E-state index in [0.717, 1.165) is 18.5 Å². The lowest BCUT2D eigenvalue weighted by Gasteiger charge is -2.13. The van der Waals surface area contributed by atoms with Crippen molar-refractivity contribution in [3.05, 3.63) is 29.0 Å². The molecule has 0 amide bonds. The molecular formula is C10H15ClN2. The highest BCUT2D eigenvalue weighted by atomic mass is 35.5. The lowest BCUT2D eigenvalue weighted by molar-refractivity contribution is 0.569. The summed E-state index contributed by atoms with van der Waals surface area (Å²) in [7, 11) is 0. The van der Waals surface area contributed by atoms with E-state index in [2.05, 4.69) is 24.1 Å². The molecule has 0 aliphatic rings. The van der Waals surface area contributed by atoms with Crippen molar-refractivity contribution in [1.29, 1.82) is 0 Å². The predicted molar refractivity (Wildman–Crippen MR) is 56.0 cm³/mol. The average molecular weight is 199 g/mol. The molecule has 1 unspecified atom stereocenters. The Balaban J connectivity index is 2.65. The summed E-state index contributed by atoms with van der Waals surface area (Å²) in [5.74, 6) is 0. The molecule has 0 aliphatic carbocycles. The molecule has 1 atom stereocenters. The van der Waals surface area contributed by atoms with Gasteiger partial charge in [0.2, 0.25) is 0 Å². The lowest BCUT2D eigenvalue weighted by Crippen LogP contribution is -2.19. The van der Waals surface area contributed by atoms with Crippen LogP contribution >= 0.6 is 11.6 Å². The second kappa shape index (κ2) is 5.20. The van der Waals surface area contributed by atoms with E-state index < -0.39 is 0 Å². The fourth-order valence-electron chi connectivity index (χ4n) is 1.19. The van der Waals surface area contributed by atoms with Gasteiger partial charge in [-0.15, -0.1) is 0 Å². The van der Waals surface area contributed by atoms with Crippen molar-refractivity contribution in [2.45, 2.75) is 26.3 Å². The molecule has 0 spiro atoms. The van der Waals surface area contributed by atoms with Crippen molar-refractivity contribution in [3.8, 4) is 0 Å². The summed E-state index contributed by atoms with van der Waals surface area (Å²) in [6, 6.07) is 4.19. The smallest absolute Gasteiger partial charge is 0.133 e. The standard InChI is InChI=1S/C10H15ClN2/c1-3-6-12-8(2)9-5-4-7-13-10(9)11/h4-5,7-8,12H,3,6H2,1-2H3. The zero-order valence-electron chi connectivity index (χ0n) is 8.05. The maximum atomic E-state index is 5.95. The van der Waals surface area contributed by atoms with E-state index in [1.807, 2.05) is 12.1 Å². The molecule has 13 heavy (non-hydrogen) atoms. The molecule has 0 radical (unpaired) electrons. The molecule has 3 heteroatoms. The Morgan fingerprint density at radius 3 is 3.00 bits per heavy atom. The second-order valence-electron chi connectivity index (χ2n) is 3.06. The number of hydrogen-bond donors (Lipinski definition) is 1. The zero-order valence-corrected chi connectivity index (χ0v) is 8.80. The first-order valence-corrected chi connectivity index (χ1v) is 4.97. The van der Waals surface area contributed by atoms with Crippen LogP contribution in [0.4, 0.5) is 0 Å². The quantitative estimate of drug-likeness (QED) is 0.753. The minimum absolute atomic E-state index is 0.279. The Labute approximate surface area is 84.3 Å². The molecule has 1 heterocycles. The Kier molecular flexibility index (Phi) is 4.19. The minimum Gasteiger partial charge on any atom is -0.310 e. The Morgan fingerprint density at radius 2 is 2.38 bits per heavy atom. The van der Waals surface area contributed by atoms with Crippen molar-refractivity contribution in [1.82, 2.24) is 10.3 Å². The van der Waals surface area contributed by atoms with Crippen LogP contribution in [-0.2, 0) is 0 Å². The molecule has 72 valence electrons. The summed E-state index contributed by atoms with van der Waals surface area (Å²) in [5.41, 5.74) is 1.07. The molecule has 0 aromatic carbocycles. The first kappa shape index (κ1) is 10.5. The fraction of sp³-hybridized carbons (Fsp3) is 0.500. The lowest BCUT2D eigenvalue weighted by atomic mass is 10.1. The van der Waals surface area contributed by atoms with Crippen LogP contribution in [-0.4, -0.2) is 11.5 Å². The highest BCUT2D eigenvalue weighted by Crippen LogP contribution is 2.19. The van der Waals surface area contributed by atoms with Gasteiger partial charge in [-0.2, -0.15) is 0 Å². The number of hydrogen-bond acceptors (Lipinski definition) is 2. The summed E-state index contributed by atoms with van der Waals surface area (Å²) in [6.07, 6.45) is 2.83. The average Bonchev–Trinajstić information content (AvgIpc) is 2.15. The maximum Gasteiger partial charge on any atom is 0.133 e. The highest BCUT2D eigenvalue weighted by molar-refractivity contribution is 6.30. The van der Waals surface area contributed by atoms with Crippen LogP contribution in [0.2, 0.25) is 5.15 Å². The van der Waals surface area contributed by atoms with Crippen molar-refractivity contribution in [2.75, 3.05) is 6.54 Å². The summed E-state index contributed by atoms with van der Waals surface area (Å²) in [6.45, 7) is 5.25. The molecule has 1 rings (SSSR count). The van der Waals surface area contributed by atoms with Gasteiger partial charge in [-0.05, 0) is 26.0 Å². The summed E-state index contributed by atoms with van der Waals surface area (Å²) in [4.78, 5) is 4.03. The molecule has 1 aromatic rings. The van der Waals surface area contributed by atoms with Gasteiger partial charge >= 0.3 is 0 Å². The number of nitrogens with one attached hydrogen (secondary N) is 1. The van der Waals surface area contributed by atoms with E-state index in [0.29, 0.717) is 5.15 Å².